The summed E-state index contributed by atoms with van der Waals surface area (Å²) in [5, 5.41) is 13.9. The van der Waals surface area contributed by atoms with Crippen LogP contribution in [0.1, 0.15) is 23.5 Å². The van der Waals surface area contributed by atoms with Crippen molar-refractivity contribution in [2.24, 2.45) is 0 Å². The lowest BCUT2D eigenvalue weighted by Crippen LogP contribution is -2.18. The van der Waals surface area contributed by atoms with Gasteiger partial charge in [-0.1, -0.05) is 18.2 Å². The Morgan fingerprint density at radius 3 is 2.44 bits per heavy atom. The Morgan fingerprint density at radius 1 is 1.11 bits per heavy atom. The van der Waals surface area contributed by atoms with Crippen LogP contribution >= 0.6 is 11.3 Å². The maximum atomic E-state index is 12.4. The van der Waals surface area contributed by atoms with Gasteiger partial charge in [-0.15, -0.1) is 11.3 Å². The molecule has 0 saturated carbocycles. The fraction of sp³-hybridized carbons (Fsp3) is 0.150. The summed E-state index contributed by atoms with van der Waals surface area (Å²) < 4.78 is 5.72. The Kier molecular flexibility index (Phi) is 5.83. The number of carbonyl (C=O) groups excluding carboxylic acids is 1. The van der Waals surface area contributed by atoms with Crippen LogP contribution in [0.25, 0.3) is 0 Å². The molecule has 1 heterocycles. The molecule has 1 amide bonds. The van der Waals surface area contributed by atoms with Gasteiger partial charge < -0.3 is 15.2 Å². The van der Waals surface area contributed by atoms with Crippen molar-refractivity contribution in [2.45, 2.75) is 19.3 Å². The fourth-order valence-electron chi connectivity index (χ4n) is 2.35. The van der Waals surface area contributed by atoms with E-state index < -0.39 is 11.9 Å². The first-order valence-corrected chi connectivity index (χ1v) is 9.19. The van der Waals surface area contributed by atoms with Gasteiger partial charge in [-0.25, -0.2) is 4.98 Å². The minimum absolute atomic E-state index is 0.145. The first kappa shape index (κ1) is 18.6. The number of carboxylic acid groups (broad SMARTS) is 1. The molecule has 0 unspecified atom stereocenters. The molecule has 0 aliphatic rings. The van der Waals surface area contributed by atoms with Crippen LogP contribution in [0, 0.1) is 0 Å². The first-order valence-electron chi connectivity index (χ1n) is 8.31. The summed E-state index contributed by atoms with van der Waals surface area (Å²) >= 11 is 1.29. The lowest BCUT2D eigenvalue weighted by atomic mass is 10.1. The Morgan fingerprint density at radius 2 is 1.78 bits per heavy atom. The van der Waals surface area contributed by atoms with Gasteiger partial charge in [0.25, 0.3) is 0 Å². The monoisotopic (exact) mass is 382 g/mol. The zero-order chi connectivity index (χ0) is 19.2. The minimum Gasteiger partial charge on any atom is -0.481 e. The molecule has 0 aliphatic carbocycles. The van der Waals surface area contributed by atoms with Crippen LogP contribution in [-0.4, -0.2) is 22.0 Å². The summed E-state index contributed by atoms with van der Waals surface area (Å²) in [6, 6.07) is 16.5. The number of aromatic nitrogens is 1. The molecule has 2 N–H and O–H groups in total. The number of hydrogen-bond donors (Lipinski definition) is 2. The molecule has 6 nitrogen and oxygen atoms in total. The highest BCUT2D eigenvalue weighted by molar-refractivity contribution is 7.09. The van der Waals surface area contributed by atoms with E-state index in [4.69, 9.17) is 9.84 Å². The van der Waals surface area contributed by atoms with Crippen LogP contribution in [0.4, 0.5) is 5.69 Å². The van der Waals surface area contributed by atoms with E-state index in [1.807, 2.05) is 30.3 Å². The highest BCUT2D eigenvalue weighted by Crippen LogP contribution is 2.25. The van der Waals surface area contributed by atoms with Gasteiger partial charge in [0, 0.05) is 11.1 Å². The van der Waals surface area contributed by atoms with Crippen LogP contribution < -0.4 is 10.1 Å². The molecule has 27 heavy (non-hydrogen) atoms. The van der Waals surface area contributed by atoms with Crippen molar-refractivity contribution in [3.8, 4) is 11.5 Å². The topological polar surface area (TPSA) is 88.5 Å². The quantitative estimate of drug-likeness (QED) is 0.636. The van der Waals surface area contributed by atoms with Gasteiger partial charge in [0.05, 0.1) is 18.0 Å². The molecule has 1 aromatic heterocycles. The van der Waals surface area contributed by atoms with E-state index in [2.05, 4.69) is 10.3 Å². The zero-order valence-electron chi connectivity index (χ0n) is 14.6. The maximum Gasteiger partial charge on any atom is 0.309 e. The fourth-order valence-corrected chi connectivity index (χ4v) is 3.23. The number of rotatable bonds is 7. The molecular formula is C20H18N2O4S. The van der Waals surface area contributed by atoms with Crippen molar-refractivity contribution in [1.29, 1.82) is 0 Å². The second-order valence-corrected chi connectivity index (χ2v) is 6.79. The molecule has 0 saturated heterocycles. The average Bonchev–Trinajstić information content (AvgIpc) is 3.11. The smallest absolute Gasteiger partial charge is 0.309 e. The molecule has 0 bridgehead atoms. The first-order chi connectivity index (χ1) is 13.0. The van der Waals surface area contributed by atoms with Crippen LogP contribution in [0.2, 0.25) is 0 Å². The largest absolute Gasteiger partial charge is 0.481 e. The molecule has 0 radical (unpaired) electrons. The maximum absolute atomic E-state index is 12.4. The third-order valence-electron chi connectivity index (χ3n) is 3.77. The van der Waals surface area contributed by atoms with Crippen LogP contribution in [0.3, 0.4) is 0 Å². The summed E-state index contributed by atoms with van der Waals surface area (Å²) in [4.78, 5) is 27.4. The molecular weight excluding hydrogens is 364 g/mol. The average molecular weight is 382 g/mol. The Bertz CT molecular complexity index is 923. The van der Waals surface area contributed by atoms with Crippen molar-refractivity contribution in [3.05, 3.63) is 70.7 Å². The second-order valence-electron chi connectivity index (χ2n) is 5.90. The summed E-state index contributed by atoms with van der Waals surface area (Å²) in [5.74, 6) is -0.211. The summed E-state index contributed by atoms with van der Waals surface area (Å²) in [6.45, 7) is 1.74. The van der Waals surface area contributed by atoms with Gasteiger partial charge in [-0.3, -0.25) is 9.59 Å². The number of anilines is 1. The normalized spacial score (nSPS) is 11.6. The Balaban J connectivity index is 1.60. The highest BCUT2D eigenvalue weighted by atomic mass is 32.1. The standard InChI is InChI=1S/C20H18N2O4S/c1-13(20-22-15(12-27-20)11-18(23)24)19(25)21-14-7-9-17(10-8-14)26-16-5-3-2-4-6-16/h2-10,12-13H,11H2,1H3,(H,21,25)(H,23,24)/t13-/m0/s1. The molecule has 138 valence electrons. The number of aliphatic carboxylic acids is 1. The van der Waals surface area contributed by atoms with Crippen LogP contribution in [0.5, 0.6) is 11.5 Å². The third kappa shape index (κ3) is 5.15. The number of ether oxygens (including phenoxy) is 1. The lowest BCUT2D eigenvalue weighted by molar-refractivity contribution is -0.136. The summed E-state index contributed by atoms with van der Waals surface area (Å²) in [5.41, 5.74) is 1.11. The molecule has 1 atom stereocenters. The molecule has 2 aromatic carbocycles. The van der Waals surface area contributed by atoms with Gasteiger partial charge in [-0.2, -0.15) is 0 Å². The van der Waals surface area contributed by atoms with Gasteiger partial charge in [-0.05, 0) is 43.3 Å². The number of carbonyl (C=O) groups is 2. The van der Waals surface area contributed by atoms with E-state index in [-0.39, 0.29) is 12.3 Å². The predicted octanol–water partition coefficient (Wildman–Crippen LogP) is 4.30. The number of amides is 1. The Hall–Kier alpha value is -3.19. The molecule has 7 heteroatoms. The lowest BCUT2D eigenvalue weighted by Gasteiger charge is -2.11. The number of hydrogen-bond acceptors (Lipinski definition) is 5. The molecule has 3 rings (SSSR count). The van der Waals surface area contributed by atoms with Gasteiger partial charge in [0.1, 0.15) is 16.5 Å². The van der Waals surface area contributed by atoms with E-state index in [1.54, 1.807) is 36.6 Å². The number of nitrogens with one attached hydrogen (secondary N) is 1. The molecule has 3 aromatic rings. The van der Waals surface area contributed by atoms with E-state index in [0.29, 0.717) is 22.1 Å². The van der Waals surface area contributed by atoms with E-state index in [9.17, 15) is 9.59 Å². The summed E-state index contributed by atoms with van der Waals surface area (Å²) in [6.07, 6.45) is -0.145. The Labute approximate surface area is 160 Å². The SMILES string of the molecule is C[C@@H](C(=O)Nc1ccc(Oc2ccccc2)cc1)c1nc(CC(=O)O)cs1. The van der Waals surface area contributed by atoms with Crippen molar-refractivity contribution in [1.82, 2.24) is 4.98 Å². The number of para-hydroxylation sites is 1. The van der Waals surface area contributed by atoms with E-state index in [0.717, 1.165) is 5.75 Å². The second kappa shape index (κ2) is 8.46. The number of thiazole rings is 1. The molecule has 0 aliphatic heterocycles. The van der Waals surface area contributed by atoms with Gasteiger partial charge in [0.15, 0.2) is 0 Å². The number of carboxylic acids is 1. The zero-order valence-corrected chi connectivity index (χ0v) is 15.4. The van der Waals surface area contributed by atoms with Crippen LogP contribution in [0.15, 0.2) is 60.0 Å². The predicted molar refractivity (Wildman–Crippen MR) is 103 cm³/mol. The van der Waals surface area contributed by atoms with Crippen molar-refractivity contribution >= 4 is 28.9 Å². The van der Waals surface area contributed by atoms with Crippen LogP contribution in [-0.2, 0) is 16.0 Å². The van der Waals surface area contributed by atoms with E-state index in [1.165, 1.54) is 11.3 Å². The van der Waals surface area contributed by atoms with E-state index >= 15 is 0 Å². The van der Waals surface area contributed by atoms with Crippen molar-refractivity contribution in [3.63, 3.8) is 0 Å². The third-order valence-corrected chi connectivity index (χ3v) is 4.84. The van der Waals surface area contributed by atoms with Gasteiger partial charge in [0.2, 0.25) is 5.91 Å². The number of benzene rings is 2. The van der Waals surface area contributed by atoms with Crippen molar-refractivity contribution < 1.29 is 19.4 Å². The number of nitrogens with zero attached hydrogens (tertiary/aromatic N) is 1. The van der Waals surface area contributed by atoms with Crippen molar-refractivity contribution in [2.75, 3.05) is 5.32 Å². The summed E-state index contributed by atoms with van der Waals surface area (Å²) in [7, 11) is 0. The molecule has 0 spiro atoms. The van der Waals surface area contributed by atoms with Gasteiger partial charge >= 0.3 is 5.97 Å². The highest BCUT2D eigenvalue weighted by Gasteiger charge is 2.19. The minimum atomic E-state index is -0.943. The molecule has 0 fully saturated rings.